The molecule has 1 atom stereocenters. The van der Waals surface area contributed by atoms with E-state index in [1.165, 1.54) is 16.4 Å². The van der Waals surface area contributed by atoms with Gasteiger partial charge in [-0.05, 0) is 49.6 Å². The molecule has 2 aromatic rings. The number of rotatable bonds is 3. The lowest BCUT2D eigenvalue weighted by molar-refractivity contribution is 0.380. The first-order valence-corrected chi connectivity index (χ1v) is 8.60. The van der Waals surface area contributed by atoms with E-state index in [1.54, 1.807) is 24.9 Å². The molecule has 1 fully saturated rings. The van der Waals surface area contributed by atoms with Crippen molar-refractivity contribution in [3.8, 4) is 0 Å². The van der Waals surface area contributed by atoms with Crippen LogP contribution in [0.5, 0.6) is 0 Å². The Labute approximate surface area is 129 Å². The normalized spacial score (nSPS) is 19.7. The first kappa shape index (κ1) is 15.2. The highest BCUT2D eigenvalue weighted by Crippen LogP contribution is 2.36. The number of hydrogen-bond donors (Lipinski definition) is 0. The topological polar surface area (TPSA) is 55.2 Å². The Balaban J connectivity index is 2.02. The second-order valence-electron chi connectivity index (χ2n) is 5.62. The Kier molecular flexibility index (Phi) is 3.78. The summed E-state index contributed by atoms with van der Waals surface area (Å²) in [5, 5.41) is 4.11. The predicted octanol–water partition coefficient (Wildman–Crippen LogP) is 2.39. The largest absolute Gasteiger partial charge is 0.271 e. The molecule has 3 rings (SSSR count). The highest BCUT2D eigenvalue weighted by Gasteiger charge is 2.37. The maximum atomic E-state index is 13.6. The van der Waals surface area contributed by atoms with E-state index in [0.29, 0.717) is 12.1 Å². The third kappa shape index (κ3) is 2.55. The van der Waals surface area contributed by atoms with E-state index in [4.69, 9.17) is 0 Å². The zero-order chi connectivity index (χ0) is 15.9. The van der Waals surface area contributed by atoms with E-state index in [0.717, 1.165) is 24.6 Å². The summed E-state index contributed by atoms with van der Waals surface area (Å²) in [5.74, 6) is -0.533. The molecule has 1 saturated heterocycles. The molecule has 0 unspecified atom stereocenters. The average Bonchev–Trinajstić information content (AvgIpc) is 3.05. The van der Waals surface area contributed by atoms with Gasteiger partial charge in [0.1, 0.15) is 5.82 Å². The Morgan fingerprint density at radius 3 is 2.73 bits per heavy atom. The molecule has 22 heavy (non-hydrogen) atoms. The van der Waals surface area contributed by atoms with E-state index in [1.807, 2.05) is 6.07 Å². The number of hydrogen-bond acceptors (Lipinski definition) is 3. The minimum atomic E-state index is -3.72. The molecule has 0 saturated carbocycles. The van der Waals surface area contributed by atoms with Crippen LogP contribution in [-0.2, 0) is 17.1 Å². The van der Waals surface area contributed by atoms with Crippen molar-refractivity contribution in [1.82, 2.24) is 14.1 Å². The molecular weight excluding hydrogens is 305 g/mol. The van der Waals surface area contributed by atoms with Crippen molar-refractivity contribution in [3.63, 3.8) is 0 Å². The van der Waals surface area contributed by atoms with Gasteiger partial charge in [0.05, 0.1) is 16.6 Å². The van der Waals surface area contributed by atoms with Gasteiger partial charge in [0, 0.05) is 19.8 Å². The molecule has 0 spiro atoms. The predicted molar refractivity (Wildman–Crippen MR) is 80.2 cm³/mol. The van der Waals surface area contributed by atoms with Crippen LogP contribution in [0.4, 0.5) is 4.39 Å². The SMILES string of the molecule is Cc1cc(F)cc(S(=O)(=O)N2CCC[C@H]2c2ccnn2C)c1. The second kappa shape index (κ2) is 5.48. The summed E-state index contributed by atoms with van der Waals surface area (Å²) in [4.78, 5) is 0.0130. The van der Waals surface area contributed by atoms with Gasteiger partial charge in [-0.25, -0.2) is 12.8 Å². The van der Waals surface area contributed by atoms with Crippen LogP contribution in [0, 0.1) is 12.7 Å². The van der Waals surface area contributed by atoms with Crippen LogP contribution in [0.1, 0.15) is 30.1 Å². The van der Waals surface area contributed by atoms with Crippen molar-refractivity contribution in [2.24, 2.45) is 7.05 Å². The standard InChI is InChI=1S/C15H18FN3O2S/c1-11-8-12(16)10-13(9-11)22(20,21)19-7-3-4-15(19)14-5-6-17-18(14)2/h5-6,8-10,15H,3-4,7H2,1-2H3/t15-/m0/s1. The summed E-state index contributed by atoms with van der Waals surface area (Å²) >= 11 is 0. The number of halogens is 1. The fourth-order valence-corrected chi connectivity index (χ4v) is 4.81. The first-order chi connectivity index (χ1) is 10.4. The van der Waals surface area contributed by atoms with Crippen LogP contribution in [0.15, 0.2) is 35.4 Å². The molecule has 0 radical (unpaired) electrons. The fourth-order valence-electron chi connectivity index (χ4n) is 3.02. The molecule has 0 amide bonds. The van der Waals surface area contributed by atoms with E-state index < -0.39 is 15.8 Å². The van der Waals surface area contributed by atoms with Crippen molar-refractivity contribution in [2.75, 3.05) is 6.54 Å². The zero-order valence-corrected chi connectivity index (χ0v) is 13.3. The lowest BCUT2D eigenvalue weighted by Crippen LogP contribution is -2.31. The summed E-state index contributed by atoms with van der Waals surface area (Å²) < 4.78 is 42.5. The van der Waals surface area contributed by atoms with E-state index in [9.17, 15) is 12.8 Å². The Bertz CT molecular complexity index is 781. The van der Waals surface area contributed by atoms with Gasteiger partial charge in [-0.15, -0.1) is 0 Å². The van der Waals surface area contributed by atoms with Crippen molar-refractivity contribution < 1.29 is 12.8 Å². The molecule has 2 heterocycles. The Hall–Kier alpha value is -1.73. The number of benzene rings is 1. The third-order valence-electron chi connectivity index (χ3n) is 4.03. The van der Waals surface area contributed by atoms with E-state index in [2.05, 4.69) is 5.10 Å². The molecule has 7 heteroatoms. The number of aromatic nitrogens is 2. The molecule has 5 nitrogen and oxygen atoms in total. The van der Waals surface area contributed by atoms with Crippen molar-refractivity contribution in [2.45, 2.75) is 30.7 Å². The smallest absolute Gasteiger partial charge is 0.243 e. The average molecular weight is 323 g/mol. The van der Waals surface area contributed by atoms with Crippen LogP contribution in [0.25, 0.3) is 0 Å². The quantitative estimate of drug-likeness (QED) is 0.871. The Morgan fingerprint density at radius 1 is 1.32 bits per heavy atom. The van der Waals surface area contributed by atoms with Crippen molar-refractivity contribution in [1.29, 1.82) is 0 Å². The van der Waals surface area contributed by atoms with Crippen LogP contribution in [-0.4, -0.2) is 29.0 Å². The molecular formula is C15H18FN3O2S. The van der Waals surface area contributed by atoms with Crippen LogP contribution in [0.3, 0.4) is 0 Å². The number of sulfonamides is 1. The van der Waals surface area contributed by atoms with E-state index >= 15 is 0 Å². The highest BCUT2D eigenvalue weighted by molar-refractivity contribution is 7.89. The molecule has 1 aliphatic rings. The maximum Gasteiger partial charge on any atom is 0.243 e. The molecule has 0 bridgehead atoms. The number of nitrogens with zero attached hydrogens (tertiary/aromatic N) is 3. The summed E-state index contributed by atoms with van der Waals surface area (Å²) in [5.41, 5.74) is 1.45. The van der Waals surface area contributed by atoms with Gasteiger partial charge in [-0.2, -0.15) is 9.40 Å². The maximum absolute atomic E-state index is 13.6. The van der Waals surface area contributed by atoms with Crippen molar-refractivity contribution in [3.05, 3.63) is 47.5 Å². The molecule has 0 N–H and O–H groups in total. The highest BCUT2D eigenvalue weighted by atomic mass is 32.2. The molecule has 1 aliphatic heterocycles. The number of aryl methyl sites for hydroxylation is 2. The first-order valence-electron chi connectivity index (χ1n) is 7.16. The van der Waals surface area contributed by atoms with E-state index in [-0.39, 0.29) is 10.9 Å². The molecule has 1 aromatic heterocycles. The van der Waals surface area contributed by atoms with Crippen LogP contribution < -0.4 is 0 Å². The van der Waals surface area contributed by atoms with Gasteiger partial charge in [0.25, 0.3) is 0 Å². The zero-order valence-electron chi connectivity index (χ0n) is 12.5. The van der Waals surface area contributed by atoms with Gasteiger partial charge in [0.2, 0.25) is 10.0 Å². The van der Waals surface area contributed by atoms with Gasteiger partial charge in [0.15, 0.2) is 0 Å². The Morgan fingerprint density at radius 2 is 2.09 bits per heavy atom. The van der Waals surface area contributed by atoms with Gasteiger partial charge in [-0.3, -0.25) is 4.68 Å². The van der Waals surface area contributed by atoms with Crippen LogP contribution in [0.2, 0.25) is 0 Å². The van der Waals surface area contributed by atoms with Gasteiger partial charge in [-0.1, -0.05) is 0 Å². The fraction of sp³-hybridized carbons (Fsp3) is 0.400. The molecule has 1 aromatic carbocycles. The lowest BCUT2D eigenvalue weighted by Gasteiger charge is -2.24. The lowest BCUT2D eigenvalue weighted by atomic mass is 10.1. The molecule has 0 aliphatic carbocycles. The summed E-state index contributed by atoms with van der Waals surface area (Å²) in [7, 11) is -1.93. The summed E-state index contributed by atoms with van der Waals surface area (Å²) in [6.45, 7) is 2.12. The van der Waals surface area contributed by atoms with Gasteiger partial charge >= 0.3 is 0 Å². The van der Waals surface area contributed by atoms with Crippen LogP contribution >= 0.6 is 0 Å². The summed E-state index contributed by atoms with van der Waals surface area (Å²) in [6.07, 6.45) is 3.18. The monoisotopic (exact) mass is 323 g/mol. The third-order valence-corrected chi connectivity index (χ3v) is 5.91. The van der Waals surface area contributed by atoms with Crippen molar-refractivity contribution >= 4 is 10.0 Å². The second-order valence-corrected chi connectivity index (χ2v) is 7.51. The van der Waals surface area contributed by atoms with Gasteiger partial charge < -0.3 is 0 Å². The minimum Gasteiger partial charge on any atom is -0.271 e. The minimum absolute atomic E-state index is 0.0130. The summed E-state index contributed by atoms with van der Waals surface area (Å²) in [6, 6.07) is 5.50. The molecule has 118 valence electrons.